The number of halogens is 1. The third-order valence-corrected chi connectivity index (χ3v) is 5.91. The predicted molar refractivity (Wildman–Crippen MR) is 117 cm³/mol. The van der Waals surface area contributed by atoms with Gasteiger partial charge in [0.25, 0.3) is 5.91 Å². The van der Waals surface area contributed by atoms with Crippen molar-refractivity contribution < 1.29 is 37.0 Å². The summed E-state index contributed by atoms with van der Waals surface area (Å²) in [7, 11) is 0.320. The molecule has 0 aliphatic carbocycles. The Morgan fingerprint density at radius 2 is 1.56 bits per heavy atom. The van der Waals surface area contributed by atoms with Gasteiger partial charge in [0.1, 0.15) is 6.04 Å². The first-order valence-corrected chi connectivity index (χ1v) is 11.0. The molecule has 0 aromatic heterocycles. The van der Waals surface area contributed by atoms with Crippen LogP contribution in [0.4, 0.5) is 5.69 Å². The number of amides is 1. The Morgan fingerprint density at radius 1 is 1.00 bits per heavy atom. The summed E-state index contributed by atoms with van der Waals surface area (Å²) >= 11 is 5.75. The number of esters is 1. The normalized spacial score (nSPS) is 11.9. The number of benzene rings is 2. The van der Waals surface area contributed by atoms with Crippen molar-refractivity contribution in [3.63, 3.8) is 0 Å². The van der Waals surface area contributed by atoms with E-state index in [1.54, 1.807) is 0 Å². The maximum Gasteiger partial charge on any atom is 0.324 e. The molecule has 0 saturated carbocycles. The minimum absolute atomic E-state index is 0.0679. The van der Waals surface area contributed by atoms with Crippen molar-refractivity contribution in [2.75, 3.05) is 33.3 Å². The lowest BCUT2D eigenvalue weighted by atomic mass is 10.2. The van der Waals surface area contributed by atoms with E-state index < -0.39 is 34.5 Å². The number of rotatable bonds is 10. The molecule has 0 saturated heterocycles. The summed E-state index contributed by atoms with van der Waals surface area (Å²) in [5.41, 5.74) is 0.317. The molecule has 2 aromatic rings. The van der Waals surface area contributed by atoms with E-state index in [0.717, 1.165) is 0 Å². The first kappa shape index (κ1) is 25.2. The van der Waals surface area contributed by atoms with E-state index >= 15 is 0 Å². The fourth-order valence-electron chi connectivity index (χ4n) is 2.57. The fraction of sp³-hybridized carbons (Fsp3) is 0.300. The van der Waals surface area contributed by atoms with Crippen LogP contribution in [0.25, 0.3) is 0 Å². The summed E-state index contributed by atoms with van der Waals surface area (Å²) < 4.78 is 47.4. The minimum atomic E-state index is -3.98. The van der Waals surface area contributed by atoms with Crippen molar-refractivity contribution in [2.45, 2.75) is 17.9 Å². The van der Waals surface area contributed by atoms with Crippen LogP contribution in [0.1, 0.15) is 6.92 Å². The monoisotopic (exact) mass is 486 g/mol. The van der Waals surface area contributed by atoms with Crippen LogP contribution in [0.2, 0.25) is 5.02 Å². The lowest BCUT2D eigenvalue weighted by Crippen LogP contribution is -2.40. The number of hydrogen-bond acceptors (Lipinski definition) is 8. The van der Waals surface area contributed by atoms with Crippen molar-refractivity contribution in [1.29, 1.82) is 0 Å². The summed E-state index contributed by atoms with van der Waals surface area (Å²) in [4.78, 5) is 24.3. The number of carbonyl (C=O) groups excluding carboxylic acids is 2. The average molecular weight is 487 g/mol. The number of nitrogens with one attached hydrogen (secondary N) is 2. The molecule has 0 fully saturated rings. The number of ether oxygens (including phenoxy) is 4. The second-order valence-corrected chi connectivity index (χ2v) is 8.52. The van der Waals surface area contributed by atoms with Crippen molar-refractivity contribution in [3.05, 3.63) is 41.4 Å². The molecule has 174 valence electrons. The fourth-order valence-corrected chi connectivity index (χ4v) is 3.89. The smallest absolute Gasteiger partial charge is 0.324 e. The number of anilines is 1. The average Bonchev–Trinajstić information content (AvgIpc) is 2.76. The van der Waals surface area contributed by atoms with Gasteiger partial charge in [0, 0.05) is 22.8 Å². The number of hydrogen-bond donors (Lipinski definition) is 2. The highest BCUT2D eigenvalue weighted by Gasteiger charge is 2.24. The van der Waals surface area contributed by atoms with E-state index in [4.69, 9.17) is 30.5 Å². The van der Waals surface area contributed by atoms with Gasteiger partial charge in [-0.15, -0.1) is 0 Å². The molecule has 2 rings (SSSR count). The molecule has 32 heavy (non-hydrogen) atoms. The van der Waals surface area contributed by atoms with Gasteiger partial charge in [0.2, 0.25) is 15.8 Å². The maximum absolute atomic E-state index is 12.3. The van der Waals surface area contributed by atoms with Gasteiger partial charge in [-0.2, -0.15) is 4.72 Å². The maximum atomic E-state index is 12.3. The molecule has 1 atom stereocenters. The third-order valence-electron chi connectivity index (χ3n) is 4.10. The first-order valence-electron chi connectivity index (χ1n) is 9.15. The van der Waals surface area contributed by atoms with Crippen molar-refractivity contribution >= 4 is 39.2 Å². The molecule has 10 nitrogen and oxygen atoms in total. The second-order valence-electron chi connectivity index (χ2n) is 6.37. The predicted octanol–water partition coefficient (Wildman–Crippen LogP) is 2.21. The van der Waals surface area contributed by atoms with E-state index in [2.05, 4.69) is 10.0 Å². The summed E-state index contributed by atoms with van der Waals surface area (Å²) in [5, 5.41) is 2.90. The van der Waals surface area contributed by atoms with Gasteiger partial charge < -0.3 is 24.3 Å². The summed E-state index contributed by atoms with van der Waals surface area (Å²) in [6, 6.07) is 7.19. The van der Waals surface area contributed by atoms with Crippen LogP contribution in [0, 0.1) is 0 Å². The SMILES string of the molecule is COc1cc(NC(=O)COC(=O)[C@H](C)NS(=O)(=O)c2ccc(Cl)cc2)cc(OC)c1OC. The Hall–Kier alpha value is -3.02. The highest BCUT2D eigenvalue weighted by molar-refractivity contribution is 7.89. The Morgan fingerprint density at radius 3 is 2.06 bits per heavy atom. The number of methoxy groups -OCH3 is 3. The van der Waals surface area contributed by atoms with Crippen LogP contribution in [-0.4, -0.2) is 54.3 Å². The van der Waals surface area contributed by atoms with E-state index in [-0.39, 0.29) is 4.90 Å². The van der Waals surface area contributed by atoms with Gasteiger partial charge in [0.15, 0.2) is 18.1 Å². The van der Waals surface area contributed by atoms with E-state index in [0.29, 0.717) is 28.0 Å². The zero-order valence-corrected chi connectivity index (χ0v) is 19.4. The second kappa shape index (κ2) is 11.0. The van der Waals surface area contributed by atoms with Crippen molar-refractivity contribution in [1.82, 2.24) is 4.72 Å². The zero-order valence-electron chi connectivity index (χ0n) is 17.8. The molecule has 0 aliphatic heterocycles. The van der Waals surface area contributed by atoms with E-state index in [1.807, 2.05) is 0 Å². The molecule has 1 amide bonds. The largest absolute Gasteiger partial charge is 0.493 e. The molecule has 0 spiro atoms. The quantitative estimate of drug-likeness (QED) is 0.489. The van der Waals surface area contributed by atoms with E-state index in [9.17, 15) is 18.0 Å². The molecular formula is C20H23ClN2O8S. The number of carbonyl (C=O) groups is 2. The Kier molecular flexibility index (Phi) is 8.70. The highest BCUT2D eigenvalue weighted by atomic mass is 35.5. The van der Waals surface area contributed by atoms with Crippen LogP contribution in [-0.2, 0) is 24.3 Å². The van der Waals surface area contributed by atoms with Crippen LogP contribution >= 0.6 is 11.6 Å². The van der Waals surface area contributed by atoms with Crippen molar-refractivity contribution in [3.8, 4) is 17.2 Å². The van der Waals surface area contributed by atoms with Gasteiger partial charge in [-0.1, -0.05) is 11.6 Å². The van der Waals surface area contributed by atoms with Gasteiger partial charge in [-0.25, -0.2) is 8.42 Å². The Labute approximate surface area is 190 Å². The molecule has 12 heteroatoms. The van der Waals surface area contributed by atoms with Gasteiger partial charge in [-0.3, -0.25) is 9.59 Å². The highest BCUT2D eigenvalue weighted by Crippen LogP contribution is 2.39. The van der Waals surface area contributed by atoms with E-state index in [1.165, 1.54) is 64.7 Å². The molecule has 2 N–H and O–H groups in total. The lowest BCUT2D eigenvalue weighted by Gasteiger charge is -2.15. The van der Waals surface area contributed by atoms with Gasteiger partial charge in [-0.05, 0) is 31.2 Å². The molecule has 2 aromatic carbocycles. The standard InChI is InChI=1S/C20H23ClN2O8S/c1-12(23-32(26,27)15-7-5-13(21)6-8-15)20(25)31-11-18(24)22-14-9-16(28-2)19(30-4)17(10-14)29-3/h5-10,12,23H,11H2,1-4H3,(H,22,24)/t12-/m0/s1. The van der Waals surface area contributed by atoms with Crippen LogP contribution < -0.4 is 24.2 Å². The first-order chi connectivity index (χ1) is 15.1. The van der Waals surface area contributed by atoms with Crippen molar-refractivity contribution in [2.24, 2.45) is 0 Å². The third kappa shape index (κ3) is 6.49. The molecular weight excluding hydrogens is 464 g/mol. The van der Waals surface area contributed by atoms with Crippen LogP contribution in [0.3, 0.4) is 0 Å². The lowest BCUT2D eigenvalue weighted by molar-refractivity contribution is -0.148. The molecule has 0 unspecified atom stereocenters. The Balaban J connectivity index is 1.96. The summed E-state index contributed by atoms with van der Waals surface area (Å²) in [5.74, 6) is -0.585. The zero-order chi connectivity index (χ0) is 23.9. The number of sulfonamides is 1. The van der Waals surface area contributed by atoms with Crippen LogP contribution in [0.15, 0.2) is 41.3 Å². The molecule has 0 bridgehead atoms. The molecule has 0 radical (unpaired) electrons. The topological polar surface area (TPSA) is 129 Å². The van der Waals surface area contributed by atoms with Crippen LogP contribution in [0.5, 0.6) is 17.2 Å². The Bertz CT molecular complexity index is 1050. The molecule has 0 aliphatic rings. The minimum Gasteiger partial charge on any atom is -0.493 e. The molecule has 0 heterocycles. The summed E-state index contributed by atoms with van der Waals surface area (Å²) in [6.07, 6.45) is 0. The summed E-state index contributed by atoms with van der Waals surface area (Å²) in [6.45, 7) is 0.662. The van der Waals surface area contributed by atoms with Gasteiger partial charge in [0.05, 0.1) is 26.2 Å². The van der Waals surface area contributed by atoms with Gasteiger partial charge >= 0.3 is 5.97 Å².